The number of fused-ring (bicyclic) bond motifs is 1. The predicted molar refractivity (Wildman–Crippen MR) is 102 cm³/mol. The summed E-state index contributed by atoms with van der Waals surface area (Å²) in [4.78, 5) is 23.5. The smallest absolute Gasteiger partial charge is 0.227 e. The molecule has 2 aliphatic heterocycles. The number of nitrogens with zero attached hydrogens (tertiary/aromatic N) is 3. The summed E-state index contributed by atoms with van der Waals surface area (Å²) < 4.78 is 0. The summed E-state index contributed by atoms with van der Waals surface area (Å²) in [7, 11) is 0. The average molecular weight is 352 g/mol. The summed E-state index contributed by atoms with van der Waals surface area (Å²) in [5.74, 6) is 1.21. The van der Waals surface area contributed by atoms with Crippen molar-refractivity contribution < 1.29 is 4.79 Å². The maximum atomic E-state index is 12.6. The Kier molecular flexibility index (Phi) is 4.70. The van der Waals surface area contributed by atoms with E-state index in [4.69, 9.17) is 0 Å². The quantitative estimate of drug-likeness (QED) is 0.917. The lowest BCUT2D eigenvalue weighted by Crippen LogP contribution is -2.37. The lowest BCUT2D eigenvalue weighted by atomic mass is 9.96. The Hall–Kier alpha value is -2.34. The van der Waals surface area contributed by atoms with E-state index in [9.17, 15) is 4.79 Å². The van der Waals surface area contributed by atoms with Crippen molar-refractivity contribution in [2.24, 2.45) is 5.92 Å². The van der Waals surface area contributed by atoms with Gasteiger partial charge in [-0.25, -0.2) is 0 Å². The van der Waals surface area contributed by atoms with Crippen LogP contribution < -0.4 is 5.32 Å². The lowest BCUT2D eigenvalue weighted by Gasteiger charge is -2.34. The molecule has 1 N–H and O–H groups in total. The van der Waals surface area contributed by atoms with E-state index in [2.05, 4.69) is 38.4 Å². The third kappa shape index (κ3) is 3.69. The molecule has 0 atom stereocenters. The largest absolute Gasteiger partial charge is 0.366 e. The van der Waals surface area contributed by atoms with Gasteiger partial charge in [0.05, 0.1) is 16.1 Å². The Bertz CT molecular complexity index is 840. The van der Waals surface area contributed by atoms with Crippen LogP contribution in [-0.2, 0) is 4.79 Å². The summed E-state index contributed by atoms with van der Waals surface area (Å²) in [6.45, 7) is 1.88. The lowest BCUT2D eigenvalue weighted by molar-refractivity contribution is -0.121. The third-order valence-corrected chi connectivity index (χ3v) is 5.67. The first-order chi connectivity index (χ1) is 12.3. The molecule has 3 heterocycles. The van der Waals surface area contributed by atoms with Crippen molar-refractivity contribution in [2.75, 3.05) is 24.2 Å². The SMILES string of the molecule is O=C(Nc1ccc2nccnc2c1)C1CCN(C2=CC=CCS2)CC1. The predicted octanol–water partition coefficient (Wildman–Crippen LogP) is 3.42. The Morgan fingerprint density at radius 3 is 2.72 bits per heavy atom. The van der Waals surface area contributed by atoms with Gasteiger partial charge in [0, 0.05) is 42.8 Å². The number of thioether (sulfide) groups is 1. The first-order valence-corrected chi connectivity index (χ1v) is 9.54. The molecule has 0 spiro atoms. The highest BCUT2D eigenvalue weighted by molar-refractivity contribution is 8.03. The number of amides is 1. The molecule has 6 heteroatoms. The van der Waals surface area contributed by atoms with Crippen LogP contribution in [0, 0.1) is 5.92 Å². The van der Waals surface area contributed by atoms with Gasteiger partial charge in [-0.15, -0.1) is 11.8 Å². The van der Waals surface area contributed by atoms with Crippen LogP contribution >= 0.6 is 11.8 Å². The van der Waals surface area contributed by atoms with Crippen molar-refractivity contribution in [1.29, 1.82) is 0 Å². The van der Waals surface area contributed by atoms with Crippen molar-refractivity contribution in [3.8, 4) is 0 Å². The minimum absolute atomic E-state index is 0.0681. The number of hydrogen-bond acceptors (Lipinski definition) is 5. The number of hydrogen-bond donors (Lipinski definition) is 1. The molecular weight excluding hydrogens is 332 g/mol. The number of rotatable bonds is 3. The van der Waals surface area contributed by atoms with E-state index < -0.39 is 0 Å². The molecule has 2 aromatic rings. The Labute approximate surface area is 151 Å². The van der Waals surface area contributed by atoms with Gasteiger partial charge in [0.2, 0.25) is 5.91 Å². The third-order valence-electron chi connectivity index (χ3n) is 4.62. The van der Waals surface area contributed by atoms with Crippen molar-refractivity contribution in [1.82, 2.24) is 14.9 Å². The highest BCUT2D eigenvalue weighted by atomic mass is 32.2. The number of allylic oxidation sites excluding steroid dienone is 2. The van der Waals surface area contributed by atoms with Gasteiger partial charge in [-0.2, -0.15) is 0 Å². The van der Waals surface area contributed by atoms with Crippen LogP contribution in [0.25, 0.3) is 11.0 Å². The molecule has 25 heavy (non-hydrogen) atoms. The molecular formula is C19H20N4OS. The molecule has 0 bridgehead atoms. The van der Waals surface area contributed by atoms with Gasteiger partial charge in [-0.3, -0.25) is 14.8 Å². The Morgan fingerprint density at radius 1 is 1.16 bits per heavy atom. The summed E-state index contributed by atoms with van der Waals surface area (Å²) in [6, 6.07) is 5.66. The number of anilines is 1. The molecule has 0 aliphatic carbocycles. The minimum atomic E-state index is 0.0681. The number of nitrogens with one attached hydrogen (secondary N) is 1. The fourth-order valence-corrected chi connectivity index (χ4v) is 4.15. The van der Waals surface area contributed by atoms with Crippen LogP contribution in [0.2, 0.25) is 0 Å². The molecule has 1 fully saturated rings. The first kappa shape index (κ1) is 16.1. The number of carbonyl (C=O) groups is 1. The van der Waals surface area contributed by atoms with Crippen molar-refractivity contribution in [3.63, 3.8) is 0 Å². The second-order valence-corrected chi connectivity index (χ2v) is 7.29. The molecule has 1 saturated heterocycles. The maximum absolute atomic E-state index is 12.6. The molecule has 1 aromatic carbocycles. The second kappa shape index (κ2) is 7.27. The number of benzene rings is 1. The van der Waals surface area contributed by atoms with Gasteiger partial charge in [-0.1, -0.05) is 12.2 Å². The van der Waals surface area contributed by atoms with E-state index in [-0.39, 0.29) is 11.8 Å². The van der Waals surface area contributed by atoms with Gasteiger partial charge in [0.15, 0.2) is 0 Å². The molecule has 1 aromatic heterocycles. The molecule has 0 unspecified atom stereocenters. The standard InChI is InChI=1S/C19H20N4OS/c24-19(22-15-4-5-16-17(13-15)21-9-8-20-16)14-6-10-23(11-7-14)18-3-1-2-12-25-18/h1-5,8-9,13-14H,6-7,10-12H2,(H,22,24). The minimum Gasteiger partial charge on any atom is -0.366 e. The number of aromatic nitrogens is 2. The first-order valence-electron chi connectivity index (χ1n) is 8.56. The van der Waals surface area contributed by atoms with Crippen LogP contribution in [0.3, 0.4) is 0 Å². The van der Waals surface area contributed by atoms with Crippen molar-refractivity contribution >= 4 is 34.4 Å². The normalized spacial score (nSPS) is 18.2. The summed E-state index contributed by atoms with van der Waals surface area (Å²) in [6.07, 6.45) is 11.6. The zero-order valence-electron chi connectivity index (χ0n) is 13.9. The van der Waals surface area contributed by atoms with Crippen LogP contribution in [0.15, 0.2) is 53.8 Å². The molecule has 0 saturated carbocycles. The average Bonchev–Trinajstić information content (AvgIpc) is 2.69. The molecule has 4 rings (SSSR count). The zero-order chi connectivity index (χ0) is 17.1. The van der Waals surface area contributed by atoms with Crippen LogP contribution in [0.5, 0.6) is 0 Å². The van der Waals surface area contributed by atoms with E-state index in [1.54, 1.807) is 12.4 Å². The van der Waals surface area contributed by atoms with Crippen molar-refractivity contribution in [3.05, 3.63) is 53.8 Å². The van der Waals surface area contributed by atoms with Crippen LogP contribution in [0.1, 0.15) is 12.8 Å². The van der Waals surface area contributed by atoms with E-state index >= 15 is 0 Å². The molecule has 128 valence electrons. The topological polar surface area (TPSA) is 58.1 Å². The molecule has 0 radical (unpaired) electrons. The van der Waals surface area contributed by atoms with E-state index in [1.807, 2.05) is 30.0 Å². The number of piperidine rings is 1. The summed E-state index contributed by atoms with van der Waals surface area (Å²) in [5.41, 5.74) is 2.42. The van der Waals surface area contributed by atoms with Crippen LogP contribution in [0.4, 0.5) is 5.69 Å². The zero-order valence-corrected chi connectivity index (χ0v) is 14.7. The van der Waals surface area contributed by atoms with Gasteiger partial charge in [-0.05, 0) is 37.1 Å². The van der Waals surface area contributed by atoms with Gasteiger partial charge >= 0.3 is 0 Å². The monoisotopic (exact) mass is 352 g/mol. The van der Waals surface area contributed by atoms with E-state index in [0.29, 0.717) is 0 Å². The maximum Gasteiger partial charge on any atom is 0.227 e. The van der Waals surface area contributed by atoms with Gasteiger partial charge < -0.3 is 10.2 Å². The Balaban J connectivity index is 1.37. The van der Waals surface area contributed by atoms with E-state index in [0.717, 1.165) is 48.4 Å². The van der Waals surface area contributed by atoms with Gasteiger partial charge in [0.25, 0.3) is 0 Å². The highest BCUT2D eigenvalue weighted by Gasteiger charge is 2.26. The van der Waals surface area contributed by atoms with Gasteiger partial charge in [0.1, 0.15) is 0 Å². The fraction of sp³-hybridized carbons (Fsp3) is 0.316. The molecule has 1 amide bonds. The van der Waals surface area contributed by atoms with E-state index in [1.165, 1.54) is 5.03 Å². The second-order valence-electron chi connectivity index (χ2n) is 6.25. The number of carbonyl (C=O) groups excluding carboxylic acids is 1. The summed E-state index contributed by atoms with van der Waals surface area (Å²) in [5, 5.41) is 4.37. The highest BCUT2D eigenvalue weighted by Crippen LogP contribution is 2.29. The molecule has 2 aliphatic rings. The van der Waals surface area contributed by atoms with Crippen LogP contribution in [-0.4, -0.2) is 39.6 Å². The number of likely N-dealkylation sites (tertiary alicyclic amines) is 1. The summed E-state index contributed by atoms with van der Waals surface area (Å²) >= 11 is 1.87. The molecule has 5 nitrogen and oxygen atoms in total. The van der Waals surface area contributed by atoms with Crippen molar-refractivity contribution in [2.45, 2.75) is 12.8 Å². The Morgan fingerprint density at radius 2 is 1.96 bits per heavy atom. The fourth-order valence-electron chi connectivity index (χ4n) is 3.23.